The molecule has 1 amide bonds. The molecule has 2 atom stereocenters. The Labute approximate surface area is 107 Å². The number of hydrogen-bond acceptors (Lipinski definition) is 2. The second-order valence-electron chi connectivity index (χ2n) is 5.47. The maximum absolute atomic E-state index is 13.3. The van der Waals surface area contributed by atoms with Gasteiger partial charge in [0.2, 0.25) is 5.91 Å². The van der Waals surface area contributed by atoms with Crippen molar-refractivity contribution in [1.82, 2.24) is 4.90 Å². The molecule has 1 rings (SSSR count). The lowest BCUT2D eigenvalue weighted by Crippen LogP contribution is -2.43. The normalized spacial score (nSPS) is 24.0. The van der Waals surface area contributed by atoms with Gasteiger partial charge in [-0.15, -0.1) is 0 Å². The van der Waals surface area contributed by atoms with Gasteiger partial charge in [-0.25, -0.2) is 4.39 Å². The van der Waals surface area contributed by atoms with Crippen LogP contribution < -0.4 is 0 Å². The number of halogens is 1. The standard InChI is InChI=1S/C13H22FNO3/c1-9(2)7-15(8-12(16)17)13(18)10-4-3-5-11(14)6-10/h9-11H,3-8H2,1-2H3,(H,16,17). The van der Waals surface area contributed by atoms with E-state index in [1.807, 2.05) is 13.8 Å². The van der Waals surface area contributed by atoms with Gasteiger partial charge >= 0.3 is 5.97 Å². The molecular weight excluding hydrogens is 237 g/mol. The Balaban J connectivity index is 2.64. The first-order chi connectivity index (χ1) is 8.40. The first-order valence-electron chi connectivity index (χ1n) is 6.54. The first kappa shape index (κ1) is 14.9. The number of hydrogen-bond donors (Lipinski definition) is 1. The molecule has 0 aromatic heterocycles. The quantitative estimate of drug-likeness (QED) is 0.822. The van der Waals surface area contributed by atoms with Crippen LogP contribution in [0.3, 0.4) is 0 Å². The molecule has 2 unspecified atom stereocenters. The lowest BCUT2D eigenvalue weighted by atomic mass is 9.87. The number of amides is 1. The van der Waals surface area contributed by atoms with Crippen molar-refractivity contribution >= 4 is 11.9 Å². The number of alkyl halides is 1. The van der Waals surface area contributed by atoms with Crippen LogP contribution in [0.2, 0.25) is 0 Å². The van der Waals surface area contributed by atoms with E-state index in [2.05, 4.69) is 0 Å². The maximum atomic E-state index is 13.3. The Morgan fingerprint density at radius 1 is 1.39 bits per heavy atom. The van der Waals surface area contributed by atoms with Crippen molar-refractivity contribution < 1.29 is 19.1 Å². The van der Waals surface area contributed by atoms with E-state index in [0.717, 1.165) is 0 Å². The fraction of sp³-hybridized carbons (Fsp3) is 0.846. The molecule has 0 saturated heterocycles. The van der Waals surface area contributed by atoms with Crippen molar-refractivity contribution in [3.8, 4) is 0 Å². The van der Waals surface area contributed by atoms with Gasteiger partial charge in [-0.1, -0.05) is 13.8 Å². The van der Waals surface area contributed by atoms with E-state index in [0.29, 0.717) is 25.8 Å². The molecule has 104 valence electrons. The first-order valence-corrected chi connectivity index (χ1v) is 6.54. The van der Waals surface area contributed by atoms with Crippen LogP contribution in [0.15, 0.2) is 0 Å². The van der Waals surface area contributed by atoms with Crippen molar-refractivity contribution in [2.24, 2.45) is 11.8 Å². The van der Waals surface area contributed by atoms with E-state index in [1.165, 1.54) is 4.90 Å². The predicted octanol–water partition coefficient (Wildman–Crippen LogP) is 2.08. The van der Waals surface area contributed by atoms with E-state index in [-0.39, 0.29) is 30.7 Å². The fourth-order valence-corrected chi connectivity index (χ4v) is 2.45. The number of carboxylic acids is 1. The summed E-state index contributed by atoms with van der Waals surface area (Å²) in [7, 11) is 0. The van der Waals surface area contributed by atoms with Gasteiger partial charge in [0.15, 0.2) is 0 Å². The Hall–Kier alpha value is -1.13. The number of rotatable bonds is 5. The van der Waals surface area contributed by atoms with Gasteiger partial charge < -0.3 is 10.0 Å². The van der Waals surface area contributed by atoms with Crippen LogP contribution in [0.25, 0.3) is 0 Å². The molecule has 1 aliphatic carbocycles. The molecule has 0 heterocycles. The predicted molar refractivity (Wildman–Crippen MR) is 65.9 cm³/mol. The molecule has 0 aromatic rings. The van der Waals surface area contributed by atoms with E-state index in [1.54, 1.807) is 0 Å². The van der Waals surface area contributed by atoms with E-state index in [4.69, 9.17) is 5.11 Å². The number of carbonyl (C=O) groups is 2. The van der Waals surface area contributed by atoms with Gasteiger partial charge in [0.25, 0.3) is 0 Å². The van der Waals surface area contributed by atoms with Crippen LogP contribution in [0.4, 0.5) is 4.39 Å². The Morgan fingerprint density at radius 3 is 2.56 bits per heavy atom. The van der Waals surface area contributed by atoms with Crippen molar-refractivity contribution in [3.63, 3.8) is 0 Å². The molecule has 0 radical (unpaired) electrons. The lowest BCUT2D eigenvalue weighted by molar-refractivity contribution is -0.147. The summed E-state index contributed by atoms with van der Waals surface area (Å²) in [5.41, 5.74) is 0. The summed E-state index contributed by atoms with van der Waals surface area (Å²) >= 11 is 0. The van der Waals surface area contributed by atoms with Gasteiger partial charge in [0, 0.05) is 12.5 Å². The molecule has 5 heteroatoms. The summed E-state index contributed by atoms with van der Waals surface area (Å²) in [6, 6.07) is 0. The summed E-state index contributed by atoms with van der Waals surface area (Å²) in [5, 5.41) is 8.83. The molecule has 0 spiro atoms. The minimum Gasteiger partial charge on any atom is -0.480 e. The van der Waals surface area contributed by atoms with Gasteiger partial charge in [0.05, 0.1) is 0 Å². The summed E-state index contributed by atoms with van der Waals surface area (Å²) in [6.07, 6.45) is 1.23. The van der Waals surface area contributed by atoms with Crippen LogP contribution in [0.1, 0.15) is 39.5 Å². The molecule has 0 aliphatic heterocycles. The van der Waals surface area contributed by atoms with Crippen molar-refractivity contribution in [2.45, 2.75) is 45.7 Å². The van der Waals surface area contributed by atoms with Gasteiger partial charge in [0.1, 0.15) is 12.7 Å². The Morgan fingerprint density at radius 2 is 2.06 bits per heavy atom. The minimum atomic E-state index is -1.02. The van der Waals surface area contributed by atoms with Gasteiger partial charge in [-0.05, 0) is 31.6 Å². The summed E-state index contributed by atoms with van der Waals surface area (Å²) in [4.78, 5) is 24.3. The minimum absolute atomic E-state index is 0.201. The third-order valence-electron chi connectivity index (χ3n) is 3.18. The third-order valence-corrected chi connectivity index (χ3v) is 3.18. The second kappa shape index (κ2) is 6.71. The van der Waals surface area contributed by atoms with E-state index >= 15 is 0 Å². The highest BCUT2D eigenvalue weighted by atomic mass is 19.1. The number of nitrogens with zero attached hydrogens (tertiary/aromatic N) is 1. The lowest BCUT2D eigenvalue weighted by Gasteiger charge is -2.30. The van der Waals surface area contributed by atoms with Crippen LogP contribution >= 0.6 is 0 Å². The van der Waals surface area contributed by atoms with Crippen molar-refractivity contribution in [1.29, 1.82) is 0 Å². The van der Waals surface area contributed by atoms with E-state index in [9.17, 15) is 14.0 Å². The number of aliphatic carboxylic acids is 1. The maximum Gasteiger partial charge on any atom is 0.323 e. The highest BCUT2D eigenvalue weighted by Crippen LogP contribution is 2.28. The molecule has 0 aromatic carbocycles. The van der Waals surface area contributed by atoms with Crippen LogP contribution in [0, 0.1) is 11.8 Å². The van der Waals surface area contributed by atoms with Crippen LogP contribution in [-0.2, 0) is 9.59 Å². The molecule has 4 nitrogen and oxygen atoms in total. The molecule has 1 fully saturated rings. The van der Waals surface area contributed by atoms with Crippen molar-refractivity contribution in [2.75, 3.05) is 13.1 Å². The molecule has 18 heavy (non-hydrogen) atoms. The zero-order valence-electron chi connectivity index (χ0n) is 11.1. The Kier molecular flexibility index (Phi) is 5.56. The highest BCUT2D eigenvalue weighted by molar-refractivity contribution is 5.83. The topological polar surface area (TPSA) is 57.6 Å². The average molecular weight is 259 g/mol. The molecule has 1 N–H and O–H groups in total. The van der Waals surface area contributed by atoms with Gasteiger partial charge in [-0.3, -0.25) is 9.59 Å². The van der Waals surface area contributed by atoms with E-state index < -0.39 is 12.1 Å². The summed E-state index contributed by atoms with van der Waals surface area (Å²) in [6.45, 7) is 3.99. The molecule has 1 aliphatic rings. The fourth-order valence-electron chi connectivity index (χ4n) is 2.45. The number of carbonyl (C=O) groups excluding carboxylic acids is 1. The van der Waals surface area contributed by atoms with Gasteiger partial charge in [-0.2, -0.15) is 0 Å². The molecular formula is C13H22FNO3. The van der Waals surface area contributed by atoms with Crippen molar-refractivity contribution in [3.05, 3.63) is 0 Å². The van der Waals surface area contributed by atoms with Crippen LogP contribution in [-0.4, -0.2) is 41.1 Å². The monoisotopic (exact) mass is 259 g/mol. The zero-order valence-corrected chi connectivity index (χ0v) is 11.1. The highest BCUT2D eigenvalue weighted by Gasteiger charge is 2.31. The molecule has 1 saturated carbocycles. The smallest absolute Gasteiger partial charge is 0.323 e. The average Bonchev–Trinajstić information content (AvgIpc) is 2.26. The SMILES string of the molecule is CC(C)CN(CC(=O)O)C(=O)C1CCCC(F)C1. The third kappa shape index (κ3) is 4.63. The molecule has 0 bridgehead atoms. The second-order valence-corrected chi connectivity index (χ2v) is 5.47. The van der Waals surface area contributed by atoms with Crippen LogP contribution in [0.5, 0.6) is 0 Å². The largest absolute Gasteiger partial charge is 0.480 e. The summed E-state index contributed by atoms with van der Waals surface area (Å²) < 4.78 is 13.3. The summed E-state index contributed by atoms with van der Waals surface area (Å²) in [5.74, 6) is -1.35. The number of carboxylic acid groups (broad SMARTS) is 1. The Bertz CT molecular complexity index is 307. The zero-order chi connectivity index (χ0) is 13.7.